The van der Waals surface area contributed by atoms with Gasteiger partial charge in [0.15, 0.2) is 0 Å². The zero-order chi connectivity index (χ0) is 19.9. The van der Waals surface area contributed by atoms with Crippen LogP contribution in [0.4, 0.5) is 5.13 Å². The second kappa shape index (κ2) is 10.1. The maximum Gasteiger partial charge on any atom is 0.236 e. The smallest absolute Gasteiger partial charge is 0.236 e. The van der Waals surface area contributed by atoms with Gasteiger partial charge in [-0.2, -0.15) is 0 Å². The molecule has 3 rings (SSSR count). The molecule has 0 radical (unpaired) electrons. The largest absolute Gasteiger partial charge is 0.497 e. The fourth-order valence-electron chi connectivity index (χ4n) is 2.34. The Morgan fingerprint density at radius 2 is 1.86 bits per heavy atom. The van der Waals surface area contributed by atoms with Crippen LogP contribution in [0.1, 0.15) is 16.1 Å². The molecule has 0 bridgehead atoms. The molecule has 1 heterocycles. The summed E-state index contributed by atoms with van der Waals surface area (Å²) in [7, 11) is 1.64. The average molecular weight is 454 g/mol. The van der Waals surface area contributed by atoms with Crippen LogP contribution in [0.15, 0.2) is 42.5 Å². The Labute approximate surface area is 181 Å². The van der Waals surface area contributed by atoms with E-state index in [1.807, 2.05) is 36.4 Å². The van der Waals surface area contributed by atoms with Crippen LogP contribution < -0.4 is 10.1 Å². The number of anilines is 1. The van der Waals surface area contributed by atoms with Gasteiger partial charge < -0.3 is 4.74 Å². The maximum atomic E-state index is 12.1. The zero-order valence-electron chi connectivity index (χ0n) is 14.9. The molecule has 3 aromatic rings. The van der Waals surface area contributed by atoms with E-state index in [-0.39, 0.29) is 5.91 Å². The first kappa shape index (κ1) is 20.9. The number of amides is 1. The third kappa shape index (κ3) is 6.10. The van der Waals surface area contributed by atoms with Crippen LogP contribution in [0.2, 0.25) is 10.0 Å². The fraction of sp³-hybridized carbons (Fsp3) is 0.211. The molecule has 0 fully saturated rings. The molecule has 5 nitrogen and oxygen atoms in total. The SMILES string of the molecule is COc1ccc(Cc2nnc(NC(=O)CSCc3ccc(Cl)c(Cl)c3)s2)cc1. The van der Waals surface area contributed by atoms with Crippen molar-refractivity contribution in [2.24, 2.45) is 0 Å². The molecule has 0 saturated carbocycles. The van der Waals surface area contributed by atoms with Crippen LogP contribution >= 0.6 is 46.3 Å². The number of halogens is 2. The summed E-state index contributed by atoms with van der Waals surface area (Å²) in [5.74, 6) is 1.68. The number of rotatable bonds is 8. The molecule has 0 atom stereocenters. The van der Waals surface area contributed by atoms with Gasteiger partial charge in [0.05, 0.1) is 22.9 Å². The summed E-state index contributed by atoms with van der Waals surface area (Å²) in [6, 6.07) is 13.2. The van der Waals surface area contributed by atoms with Gasteiger partial charge in [-0.05, 0) is 35.4 Å². The molecule has 1 N–H and O–H groups in total. The zero-order valence-corrected chi connectivity index (χ0v) is 18.1. The monoisotopic (exact) mass is 453 g/mol. The van der Waals surface area contributed by atoms with Crippen LogP contribution in [0.25, 0.3) is 0 Å². The number of methoxy groups -OCH3 is 1. The van der Waals surface area contributed by atoms with E-state index in [1.165, 1.54) is 23.1 Å². The van der Waals surface area contributed by atoms with Gasteiger partial charge in [-0.25, -0.2) is 0 Å². The predicted molar refractivity (Wildman–Crippen MR) is 117 cm³/mol. The number of ether oxygens (including phenoxy) is 1. The molecule has 9 heteroatoms. The highest BCUT2D eigenvalue weighted by atomic mass is 35.5. The highest BCUT2D eigenvalue weighted by Gasteiger charge is 2.10. The molecular weight excluding hydrogens is 437 g/mol. The third-order valence-electron chi connectivity index (χ3n) is 3.71. The summed E-state index contributed by atoms with van der Waals surface area (Å²) in [5.41, 5.74) is 2.12. The second-order valence-corrected chi connectivity index (χ2v) is 8.68. The van der Waals surface area contributed by atoms with E-state index >= 15 is 0 Å². The number of hydrogen-bond acceptors (Lipinski definition) is 6. The first-order valence-corrected chi connectivity index (χ1v) is 11.0. The van der Waals surface area contributed by atoms with Crippen molar-refractivity contribution in [3.05, 3.63) is 68.6 Å². The van der Waals surface area contributed by atoms with Crippen molar-refractivity contribution in [3.63, 3.8) is 0 Å². The number of hydrogen-bond donors (Lipinski definition) is 1. The molecule has 28 heavy (non-hydrogen) atoms. The molecule has 1 amide bonds. The minimum atomic E-state index is -0.114. The van der Waals surface area contributed by atoms with Gasteiger partial charge >= 0.3 is 0 Å². The van der Waals surface area contributed by atoms with Crippen LogP contribution in [0.5, 0.6) is 5.75 Å². The number of aromatic nitrogens is 2. The lowest BCUT2D eigenvalue weighted by molar-refractivity contribution is -0.113. The molecule has 0 aliphatic rings. The van der Waals surface area contributed by atoms with E-state index in [0.29, 0.717) is 33.1 Å². The highest BCUT2D eigenvalue weighted by molar-refractivity contribution is 7.99. The maximum absolute atomic E-state index is 12.1. The summed E-state index contributed by atoms with van der Waals surface area (Å²) in [6.45, 7) is 0. The van der Waals surface area contributed by atoms with Crippen molar-refractivity contribution in [2.45, 2.75) is 12.2 Å². The van der Waals surface area contributed by atoms with Gasteiger partial charge in [-0.15, -0.1) is 22.0 Å². The fourth-order valence-corrected chi connectivity index (χ4v) is 4.23. The second-order valence-electron chi connectivity index (χ2n) is 5.82. The minimum Gasteiger partial charge on any atom is -0.497 e. The van der Waals surface area contributed by atoms with Crippen molar-refractivity contribution < 1.29 is 9.53 Å². The summed E-state index contributed by atoms with van der Waals surface area (Å²) >= 11 is 14.8. The molecule has 2 aromatic carbocycles. The Morgan fingerprint density at radius 3 is 2.57 bits per heavy atom. The van der Waals surface area contributed by atoms with Crippen molar-refractivity contribution in [1.29, 1.82) is 0 Å². The third-order valence-corrected chi connectivity index (χ3v) is 6.29. The van der Waals surface area contributed by atoms with Crippen molar-refractivity contribution in [2.75, 3.05) is 18.2 Å². The van der Waals surface area contributed by atoms with Crippen LogP contribution in [0, 0.1) is 0 Å². The van der Waals surface area contributed by atoms with Gasteiger partial charge in [-0.3, -0.25) is 10.1 Å². The number of carbonyl (C=O) groups excluding carboxylic acids is 1. The first-order valence-electron chi connectivity index (χ1n) is 8.30. The van der Waals surface area contributed by atoms with E-state index < -0.39 is 0 Å². The number of thioether (sulfide) groups is 1. The number of nitrogens with one attached hydrogen (secondary N) is 1. The minimum absolute atomic E-state index is 0.114. The summed E-state index contributed by atoms with van der Waals surface area (Å²) in [6.07, 6.45) is 0.656. The number of nitrogens with zero attached hydrogens (tertiary/aromatic N) is 2. The Morgan fingerprint density at radius 1 is 1.11 bits per heavy atom. The van der Waals surface area contributed by atoms with Crippen molar-refractivity contribution >= 4 is 57.3 Å². The average Bonchev–Trinajstić information content (AvgIpc) is 3.12. The van der Waals surface area contributed by atoms with E-state index in [4.69, 9.17) is 27.9 Å². The first-order chi connectivity index (χ1) is 13.5. The summed E-state index contributed by atoms with van der Waals surface area (Å²) < 4.78 is 5.15. The Balaban J connectivity index is 1.45. The normalized spacial score (nSPS) is 10.7. The Kier molecular flexibility index (Phi) is 7.56. The quantitative estimate of drug-likeness (QED) is 0.500. The molecule has 0 spiro atoms. The summed E-state index contributed by atoms with van der Waals surface area (Å²) in [5, 5.41) is 13.4. The van der Waals surface area contributed by atoms with Crippen LogP contribution in [0.3, 0.4) is 0 Å². The summed E-state index contributed by atoms with van der Waals surface area (Å²) in [4.78, 5) is 12.1. The van der Waals surface area contributed by atoms with E-state index in [2.05, 4.69) is 15.5 Å². The van der Waals surface area contributed by atoms with Gasteiger partial charge in [0, 0.05) is 12.2 Å². The van der Waals surface area contributed by atoms with E-state index in [9.17, 15) is 4.79 Å². The van der Waals surface area contributed by atoms with Crippen molar-refractivity contribution in [1.82, 2.24) is 10.2 Å². The standard InChI is InChI=1S/C19H17Cl2N3O2S2/c1-26-14-5-2-12(3-6-14)9-18-23-24-19(28-18)22-17(25)11-27-10-13-4-7-15(20)16(21)8-13/h2-8H,9-11H2,1H3,(H,22,24,25). The molecule has 0 aliphatic heterocycles. The van der Waals surface area contributed by atoms with Crippen LogP contribution in [-0.2, 0) is 17.0 Å². The van der Waals surface area contributed by atoms with Gasteiger partial charge in [0.1, 0.15) is 10.8 Å². The number of benzene rings is 2. The van der Waals surface area contributed by atoms with Crippen LogP contribution in [-0.4, -0.2) is 29.0 Å². The Hall–Kier alpha value is -1.80. The van der Waals surface area contributed by atoms with E-state index in [1.54, 1.807) is 13.2 Å². The lowest BCUT2D eigenvalue weighted by Crippen LogP contribution is -2.13. The van der Waals surface area contributed by atoms with Crippen molar-refractivity contribution in [3.8, 4) is 5.75 Å². The van der Waals surface area contributed by atoms with Gasteiger partial charge in [0.2, 0.25) is 11.0 Å². The van der Waals surface area contributed by atoms with Gasteiger partial charge in [0.25, 0.3) is 0 Å². The topological polar surface area (TPSA) is 64.1 Å². The lowest BCUT2D eigenvalue weighted by atomic mass is 10.1. The Bertz CT molecular complexity index is 949. The molecule has 146 valence electrons. The van der Waals surface area contributed by atoms with E-state index in [0.717, 1.165) is 21.9 Å². The molecule has 0 saturated heterocycles. The lowest BCUT2D eigenvalue weighted by Gasteiger charge is -2.04. The number of carbonyl (C=O) groups is 1. The molecular formula is C19H17Cl2N3O2S2. The highest BCUT2D eigenvalue weighted by Crippen LogP contribution is 2.25. The molecule has 0 aliphatic carbocycles. The predicted octanol–water partition coefficient (Wildman–Crippen LogP) is 5.32. The van der Waals surface area contributed by atoms with Gasteiger partial charge in [-0.1, -0.05) is 52.7 Å². The molecule has 1 aromatic heterocycles. The molecule has 0 unspecified atom stereocenters.